The van der Waals surface area contributed by atoms with Crippen molar-refractivity contribution >= 4 is 23.4 Å². The molecule has 0 aliphatic carbocycles. The molecule has 1 aliphatic heterocycles. The van der Waals surface area contributed by atoms with Gasteiger partial charge in [0.05, 0.1) is 5.71 Å². The van der Waals surface area contributed by atoms with E-state index in [4.69, 9.17) is 10.9 Å². The molecule has 1 atom stereocenters. The van der Waals surface area contributed by atoms with Crippen molar-refractivity contribution in [1.82, 2.24) is 0 Å². The molecule has 0 bridgehead atoms. The van der Waals surface area contributed by atoms with E-state index in [-0.39, 0.29) is 0 Å². The van der Waals surface area contributed by atoms with Crippen molar-refractivity contribution in [3.63, 3.8) is 0 Å². The lowest BCUT2D eigenvalue weighted by Gasteiger charge is -2.01. The number of thioether (sulfide) groups is 1. The minimum absolute atomic E-state index is 0.398. The van der Waals surface area contributed by atoms with E-state index in [9.17, 15) is 4.79 Å². The van der Waals surface area contributed by atoms with Gasteiger partial charge in [0.2, 0.25) is 5.91 Å². The van der Waals surface area contributed by atoms with Crippen LogP contribution >= 0.6 is 11.8 Å². The summed E-state index contributed by atoms with van der Waals surface area (Å²) >= 11 is 1.42. The van der Waals surface area contributed by atoms with Gasteiger partial charge in [0.25, 0.3) is 0 Å². The van der Waals surface area contributed by atoms with Gasteiger partial charge in [-0.25, -0.2) is 0 Å². The zero-order valence-electron chi connectivity index (χ0n) is 5.28. The summed E-state index contributed by atoms with van der Waals surface area (Å²) in [7, 11) is 0. The number of nitrogens with two attached hydrogens (primary N) is 1. The van der Waals surface area contributed by atoms with Gasteiger partial charge in [-0.05, 0) is 12.2 Å². The fourth-order valence-corrected chi connectivity index (χ4v) is 1.94. The molecule has 10 heavy (non-hydrogen) atoms. The van der Waals surface area contributed by atoms with Gasteiger partial charge in [0.1, 0.15) is 5.25 Å². The molecule has 5 heteroatoms. The highest BCUT2D eigenvalue weighted by atomic mass is 32.2. The molecular weight excluding hydrogens is 152 g/mol. The molecule has 0 aromatic carbocycles. The number of amides is 1. The number of carbonyl (C=O) groups excluding carboxylic acids is 1. The number of rotatable bonds is 1. The Bertz CT molecular complexity index is 180. The average molecular weight is 160 g/mol. The molecule has 1 saturated heterocycles. The Morgan fingerprint density at radius 3 is 3.00 bits per heavy atom. The molecule has 56 valence electrons. The van der Waals surface area contributed by atoms with Gasteiger partial charge in [-0.1, -0.05) is 5.16 Å². The Morgan fingerprint density at radius 1 is 1.90 bits per heavy atom. The summed E-state index contributed by atoms with van der Waals surface area (Å²) in [4.78, 5) is 10.6. The summed E-state index contributed by atoms with van der Waals surface area (Å²) < 4.78 is 0. The van der Waals surface area contributed by atoms with E-state index in [0.29, 0.717) is 12.1 Å². The molecule has 0 aromatic heterocycles. The van der Waals surface area contributed by atoms with Crippen LogP contribution in [0.2, 0.25) is 0 Å². The van der Waals surface area contributed by atoms with Gasteiger partial charge in [0.15, 0.2) is 0 Å². The smallest absolute Gasteiger partial charge is 0.236 e. The fraction of sp³-hybridized carbons (Fsp3) is 0.600. The van der Waals surface area contributed by atoms with Crippen LogP contribution in [0.15, 0.2) is 5.16 Å². The normalized spacial score (nSPS) is 29.2. The Morgan fingerprint density at radius 2 is 2.60 bits per heavy atom. The number of carbonyl (C=O) groups is 1. The average Bonchev–Trinajstić information content (AvgIpc) is 2.33. The Kier molecular flexibility index (Phi) is 2.16. The highest BCUT2D eigenvalue weighted by Crippen LogP contribution is 2.23. The molecule has 1 heterocycles. The number of hydrogen-bond donors (Lipinski definition) is 2. The van der Waals surface area contributed by atoms with Crippen LogP contribution in [0.25, 0.3) is 0 Å². The summed E-state index contributed by atoms with van der Waals surface area (Å²) in [6, 6.07) is 0. The van der Waals surface area contributed by atoms with Crippen LogP contribution in [-0.4, -0.2) is 27.8 Å². The van der Waals surface area contributed by atoms with Crippen LogP contribution < -0.4 is 5.73 Å². The first-order valence-electron chi connectivity index (χ1n) is 2.87. The minimum Gasteiger partial charge on any atom is -0.411 e. The SMILES string of the molecule is NC(=O)C1SCC/C1=N\O. The van der Waals surface area contributed by atoms with Crippen molar-refractivity contribution in [3.8, 4) is 0 Å². The van der Waals surface area contributed by atoms with E-state index < -0.39 is 11.2 Å². The molecule has 1 rings (SSSR count). The summed E-state index contributed by atoms with van der Waals surface area (Å²) in [6.45, 7) is 0. The summed E-state index contributed by atoms with van der Waals surface area (Å²) in [5, 5.41) is 10.9. The molecule has 1 unspecified atom stereocenters. The van der Waals surface area contributed by atoms with Gasteiger partial charge >= 0.3 is 0 Å². The van der Waals surface area contributed by atoms with Crippen molar-refractivity contribution in [3.05, 3.63) is 0 Å². The Labute approximate surface area is 62.5 Å². The standard InChI is InChI=1S/C5H8N2O2S/c6-5(8)4-3(7-9)1-2-10-4/h4,9H,1-2H2,(H2,6,8)/b7-3+. The van der Waals surface area contributed by atoms with Crippen LogP contribution in [0, 0.1) is 0 Å². The molecule has 3 N–H and O–H groups in total. The Hall–Kier alpha value is -0.710. The summed E-state index contributed by atoms with van der Waals surface area (Å²) in [5.74, 6) is 0.391. The van der Waals surface area contributed by atoms with Crippen molar-refractivity contribution in [2.45, 2.75) is 11.7 Å². The van der Waals surface area contributed by atoms with Gasteiger partial charge in [-0.2, -0.15) is 0 Å². The highest BCUT2D eigenvalue weighted by molar-refractivity contribution is 8.01. The summed E-state index contributed by atoms with van der Waals surface area (Å²) in [5.41, 5.74) is 5.51. The van der Waals surface area contributed by atoms with Crippen molar-refractivity contribution in [1.29, 1.82) is 0 Å². The second-order valence-corrected chi connectivity index (χ2v) is 3.21. The highest BCUT2D eigenvalue weighted by Gasteiger charge is 2.28. The Balaban J connectivity index is 2.68. The third-order valence-electron chi connectivity index (χ3n) is 1.33. The summed E-state index contributed by atoms with van der Waals surface area (Å²) in [6.07, 6.45) is 0.661. The first kappa shape index (κ1) is 7.40. The van der Waals surface area contributed by atoms with E-state index in [1.807, 2.05) is 0 Å². The van der Waals surface area contributed by atoms with Crippen LogP contribution in [0.1, 0.15) is 6.42 Å². The zero-order chi connectivity index (χ0) is 7.56. The molecule has 1 fully saturated rings. The number of oxime groups is 1. The molecule has 0 radical (unpaired) electrons. The predicted octanol–water partition coefficient (Wildman–Crippen LogP) is -0.193. The van der Waals surface area contributed by atoms with E-state index in [0.717, 1.165) is 5.75 Å². The lowest BCUT2D eigenvalue weighted by Crippen LogP contribution is -2.29. The van der Waals surface area contributed by atoms with E-state index in [1.165, 1.54) is 11.8 Å². The second-order valence-electron chi connectivity index (χ2n) is 1.99. The zero-order valence-corrected chi connectivity index (χ0v) is 6.10. The molecule has 0 saturated carbocycles. The largest absolute Gasteiger partial charge is 0.411 e. The lowest BCUT2D eigenvalue weighted by atomic mass is 10.2. The van der Waals surface area contributed by atoms with Crippen LogP contribution in [-0.2, 0) is 4.79 Å². The van der Waals surface area contributed by atoms with Crippen LogP contribution in [0.5, 0.6) is 0 Å². The third kappa shape index (κ3) is 1.23. The van der Waals surface area contributed by atoms with E-state index in [1.54, 1.807) is 0 Å². The third-order valence-corrected chi connectivity index (χ3v) is 2.61. The lowest BCUT2D eigenvalue weighted by molar-refractivity contribution is -0.116. The minimum atomic E-state index is -0.421. The predicted molar refractivity (Wildman–Crippen MR) is 39.3 cm³/mol. The van der Waals surface area contributed by atoms with Crippen LogP contribution in [0.3, 0.4) is 0 Å². The number of hydrogen-bond acceptors (Lipinski definition) is 4. The van der Waals surface area contributed by atoms with Gasteiger partial charge < -0.3 is 10.9 Å². The van der Waals surface area contributed by atoms with Crippen molar-refractivity contribution in [2.75, 3.05) is 5.75 Å². The maximum absolute atomic E-state index is 10.6. The van der Waals surface area contributed by atoms with Gasteiger partial charge in [-0.3, -0.25) is 4.79 Å². The second kappa shape index (κ2) is 2.92. The van der Waals surface area contributed by atoms with Crippen LogP contribution in [0.4, 0.5) is 0 Å². The van der Waals surface area contributed by atoms with E-state index in [2.05, 4.69) is 5.16 Å². The molecule has 4 nitrogen and oxygen atoms in total. The quantitative estimate of drug-likeness (QED) is 0.412. The number of nitrogens with zero attached hydrogens (tertiary/aromatic N) is 1. The molecular formula is C5H8N2O2S. The van der Waals surface area contributed by atoms with Crippen molar-refractivity contribution in [2.24, 2.45) is 10.9 Å². The maximum atomic E-state index is 10.6. The molecule has 1 amide bonds. The topological polar surface area (TPSA) is 75.7 Å². The van der Waals surface area contributed by atoms with Gasteiger partial charge in [-0.15, -0.1) is 11.8 Å². The van der Waals surface area contributed by atoms with E-state index >= 15 is 0 Å². The fourth-order valence-electron chi connectivity index (χ4n) is 0.857. The molecule has 0 spiro atoms. The van der Waals surface area contributed by atoms with Gasteiger partial charge in [0, 0.05) is 0 Å². The molecule has 1 aliphatic rings. The monoisotopic (exact) mass is 160 g/mol. The first-order valence-corrected chi connectivity index (χ1v) is 3.92. The van der Waals surface area contributed by atoms with Crippen molar-refractivity contribution < 1.29 is 10.0 Å². The molecule has 0 aromatic rings. The maximum Gasteiger partial charge on any atom is 0.236 e. The first-order chi connectivity index (χ1) is 4.75. The number of primary amides is 1.